The van der Waals surface area contributed by atoms with Gasteiger partial charge >= 0.3 is 0 Å². The Kier molecular flexibility index (Phi) is 2.80. The first-order valence-corrected chi connectivity index (χ1v) is 7.95. The van der Waals surface area contributed by atoms with E-state index in [4.69, 9.17) is 0 Å². The molecular formula is C14H15BrF2N4. The maximum atomic E-state index is 14.1. The standard InChI is InChI=1S/C14H15BrF2N4/c15-9-7-20-21-6-5-18-12(11(9)21)19-8-10-13(14(10,16)17)3-1-2-4-13/h5-7,10H,1-4,8H2,(H,18,19). The minimum Gasteiger partial charge on any atom is -0.368 e. The van der Waals surface area contributed by atoms with Crippen LogP contribution in [0.4, 0.5) is 14.6 Å². The molecule has 0 saturated heterocycles. The first-order valence-electron chi connectivity index (χ1n) is 7.16. The molecule has 1 spiro atoms. The van der Waals surface area contributed by atoms with Gasteiger partial charge in [0.05, 0.1) is 16.6 Å². The van der Waals surface area contributed by atoms with E-state index in [1.165, 1.54) is 0 Å². The van der Waals surface area contributed by atoms with Crippen molar-refractivity contribution in [3.8, 4) is 0 Å². The van der Waals surface area contributed by atoms with Crippen LogP contribution in [0.5, 0.6) is 0 Å². The molecule has 0 aliphatic heterocycles. The summed E-state index contributed by atoms with van der Waals surface area (Å²) in [5.41, 5.74) is 0.0321. The number of nitrogens with one attached hydrogen (secondary N) is 1. The van der Waals surface area contributed by atoms with Crippen LogP contribution in [-0.4, -0.2) is 27.1 Å². The number of alkyl halides is 2. The van der Waals surface area contributed by atoms with E-state index in [0.29, 0.717) is 18.7 Å². The van der Waals surface area contributed by atoms with Crippen LogP contribution in [0.2, 0.25) is 0 Å². The summed E-state index contributed by atoms with van der Waals surface area (Å²) in [6, 6.07) is 0. The van der Waals surface area contributed by atoms with Gasteiger partial charge in [0, 0.05) is 24.4 Å². The highest BCUT2D eigenvalue weighted by atomic mass is 79.9. The summed E-state index contributed by atoms with van der Waals surface area (Å²) in [5.74, 6) is -2.51. The second-order valence-electron chi connectivity index (χ2n) is 5.98. The third-order valence-corrected chi connectivity index (χ3v) is 5.62. The predicted molar refractivity (Wildman–Crippen MR) is 78.5 cm³/mol. The molecular weight excluding hydrogens is 342 g/mol. The lowest BCUT2D eigenvalue weighted by molar-refractivity contribution is 0.0595. The zero-order valence-corrected chi connectivity index (χ0v) is 12.9. The first kappa shape index (κ1) is 13.4. The fourth-order valence-electron chi connectivity index (χ4n) is 3.84. The SMILES string of the molecule is FC1(F)C(CNc2nccn3ncc(Br)c23)C12CCCC2. The molecule has 0 bridgehead atoms. The highest BCUT2D eigenvalue weighted by Gasteiger charge is 2.79. The van der Waals surface area contributed by atoms with Crippen LogP contribution in [0.25, 0.3) is 5.52 Å². The molecule has 0 radical (unpaired) electrons. The fourth-order valence-corrected chi connectivity index (χ4v) is 4.30. The molecule has 2 heterocycles. The Morgan fingerprint density at radius 3 is 2.90 bits per heavy atom. The van der Waals surface area contributed by atoms with E-state index in [9.17, 15) is 8.78 Å². The van der Waals surface area contributed by atoms with E-state index in [1.807, 2.05) is 0 Å². The summed E-state index contributed by atoms with van der Waals surface area (Å²) in [5, 5.41) is 7.26. The molecule has 2 aliphatic rings. The van der Waals surface area contributed by atoms with Crippen molar-refractivity contribution >= 4 is 27.3 Å². The summed E-state index contributed by atoms with van der Waals surface area (Å²) < 4.78 is 30.7. The van der Waals surface area contributed by atoms with Crippen molar-refractivity contribution in [3.05, 3.63) is 23.1 Å². The molecule has 1 N–H and O–H groups in total. The minimum absolute atomic E-state index is 0.261. The van der Waals surface area contributed by atoms with Crippen molar-refractivity contribution in [1.82, 2.24) is 14.6 Å². The minimum atomic E-state index is -2.53. The van der Waals surface area contributed by atoms with Gasteiger partial charge in [-0.05, 0) is 28.8 Å². The Labute approximate surface area is 129 Å². The lowest BCUT2D eigenvalue weighted by Gasteiger charge is -2.08. The molecule has 1 unspecified atom stereocenters. The number of aromatic nitrogens is 3. The number of fused-ring (bicyclic) bond motifs is 1. The van der Waals surface area contributed by atoms with Crippen molar-refractivity contribution in [3.63, 3.8) is 0 Å². The van der Waals surface area contributed by atoms with Gasteiger partial charge in [0.15, 0.2) is 5.82 Å². The molecule has 0 aromatic carbocycles. The fraction of sp³-hybridized carbons (Fsp3) is 0.571. The molecule has 4 nitrogen and oxygen atoms in total. The molecule has 2 aromatic rings. The molecule has 2 aromatic heterocycles. The molecule has 2 aliphatic carbocycles. The van der Waals surface area contributed by atoms with Crippen molar-refractivity contribution in [2.45, 2.75) is 31.6 Å². The highest BCUT2D eigenvalue weighted by Crippen LogP contribution is 2.73. The van der Waals surface area contributed by atoms with Crippen molar-refractivity contribution in [2.75, 3.05) is 11.9 Å². The average Bonchev–Trinajstić information content (AvgIpc) is 2.92. The van der Waals surface area contributed by atoms with E-state index >= 15 is 0 Å². The summed E-state index contributed by atoms with van der Waals surface area (Å²) in [4.78, 5) is 4.26. The van der Waals surface area contributed by atoms with Crippen molar-refractivity contribution in [2.24, 2.45) is 11.3 Å². The maximum absolute atomic E-state index is 14.1. The first-order chi connectivity index (χ1) is 10.1. The van der Waals surface area contributed by atoms with E-state index in [0.717, 1.165) is 22.8 Å². The third kappa shape index (κ3) is 1.76. The topological polar surface area (TPSA) is 42.2 Å². The molecule has 21 heavy (non-hydrogen) atoms. The van der Waals surface area contributed by atoms with Crippen LogP contribution in [0.15, 0.2) is 23.1 Å². The van der Waals surface area contributed by atoms with Crippen LogP contribution in [0.1, 0.15) is 25.7 Å². The van der Waals surface area contributed by atoms with Crippen LogP contribution >= 0.6 is 15.9 Å². The number of anilines is 1. The smallest absolute Gasteiger partial charge is 0.259 e. The predicted octanol–water partition coefficient (Wildman–Crippen LogP) is 3.73. The molecule has 112 valence electrons. The summed E-state index contributed by atoms with van der Waals surface area (Å²) >= 11 is 3.41. The largest absolute Gasteiger partial charge is 0.368 e. The number of halogens is 3. The number of hydrogen-bond acceptors (Lipinski definition) is 3. The Hall–Kier alpha value is -1.24. The zero-order valence-electron chi connectivity index (χ0n) is 11.3. The van der Waals surface area contributed by atoms with Gasteiger partial charge in [-0.3, -0.25) is 0 Å². The van der Waals surface area contributed by atoms with Crippen molar-refractivity contribution in [1.29, 1.82) is 0 Å². The third-order valence-electron chi connectivity index (χ3n) is 5.04. The van der Waals surface area contributed by atoms with E-state index in [-0.39, 0.29) is 6.54 Å². The lowest BCUT2D eigenvalue weighted by Crippen LogP contribution is -2.11. The Morgan fingerprint density at radius 2 is 2.14 bits per heavy atom. The van der Waals surface area contributed by atoms with E-state index in [2.05, 4.69) is 31.3 Å². The molecule has 1 atom stereocenters. The van der Waals surface area contributed by atoms with Gasteiger partial charge in [-0.25, -0.2) is 18.3 Å². The van der Waals surface area contributed by atoms with Gasteiger partial charge < -0.3 is 5.32 Å². The molecule has 4 rings (SSSR count). The van der Waals surface area contributed by atoms with Crippen LogP contribution in [0, 0.1) is 11.3 Å². The Balaban J connectivity index is 1.56. The second kappa shape index (κ2) is 4.38. The monoisotopic (exact) mass is 356 g/mol. The molecule has 2 fully saturated rings. The van der Waals surface area contributed by atoms with Gasteiger partial charge in [0.25, 0.3) is 5.92 Å². The molecule has 7 heteroatoms. The van der Waals surface area contributed by atoms with Crippen LogP contribution < -0.4 is 5.32 Å². The maximum Gasteiger partial charge on any atom is 0.259 e. The van der Waals surface area contributed by atoms with Crippen LogP contribution in [0.3, 0.4) is 0 Å². The number of hydrogen-bond donors (Lipinski definition) is 1. The Morgan fingerprint density at radius 1 is 1.38 bits per heavy atom. The van der Waals surface area contributed by atoms with Gasteiger partial charge in [-0.15, -0.1) is 0 Å². The summed E-state index contributed by atoms with van der Waals surface area (Å²) in [6.07, 6.45) is 8.18. The van der Waals surface area contributed by atoms with Gasteiger partial charge in [0.1, 0.15) is 5.52 Å². The van der Waals surface area contributed by atoms with Gasteiger partial charge in [0.2, 0.25) is 0 Å². The van der Waals surface area contributed by atoms with E-state index in [1.54, 1.807) is 23.1 Å². The average molecular weight is 357 g/mol. The molecule has 2 saturated carbocycles. The number of nitrogens with zero attached hydrogens (tertiary/aromatic N) is 3. The normalized spacial score (nSPS) is 25.6. The highest BCUT2D eigenvalue weighted by molar-refractivity contribution is 9.10. The van der Waals surface area contributed by atoms with Crippen LogP contribution in [-0.2, 0) is 0 Å². The quantitative estimate of drug-likeness (QED) is 0.910. The van der Waals surface area contributed by atoms with E-state index < -0.39 is 17.3 Å². The number of rotatable bonds is 3. The van der Waals surface area contributed by atoms with Gasteiger partial charge in [-0.2, -0.15) is 5.10 Å². The summed E-state index contributed by atoms with van der Waals surface area (Å²) in [7, 11) is 0. The second-order valence-corrected chi connectivity index (χ2v) is 6.84. The lowest BCUT2D eigenvalue weighted by atomic mass is 10.0. The van der Waals surface area contributed by atoms with Gasteiger partial charge in [-0.1, -0.05) is 12.8 Å². The Bertz CT molecular complexity index is 693. The summed E-state index contributed by atoms with van der Waals surface area (Å²) in [6.45, 7) is 0.261. The zero-order chi connectivity index (χ0) is 14.7. The molecule has 0 amide bonds. The van der Waals surface area contributed by atoms with Crippen molar-refractivity contribution < 1.29 is 8.78 Å².